The minimum atomic E-state index is -0.0713. The summed E-state index contributed by atoms with van der Waals surface area (Å²) in [5, 5.41) is 1.83. The molecule has 0 aliphatic carbocycles. The van der Waals surface area contributed by atoms with Gasteiger partial charge in [0.15, 0.2) is 5.16 Å². The summed E-state index contributed by atoms with van der Waals surface area (Å²) in [5.74, 6) is 0.782. The van der Waals surface area contributed by atoms with Gasteiger partial charge in [-0.2, -0.15) is 0 Å². The van der Waals surface area contributed by atoms with Crippen molar-refractivity contribution in [3.05, 3.63) is 63.4 Å². The Kier molecular flexibility index (Phi) is 5.53. The molecule has 27 heavy (non-hydrogen) atoms. The number of thioether (sulfide) groups is 1. The third kappa shape index (κ3) is 3.91. The summed E-state index contributed by atoms with van der Waals surface area (Å²) in [6.07, 6.45) is 3.58. The average molecular weight is 401 g/mol. The van der Waals surface area contributed by atoms with Crippen molar-refractivity contribution in [1.29, 1.82) is 0 Å². The van der Waals surface area contributed by atoms with Crippen LogP contribution in [-0.4, -0.2) is 28.0 Å². The van der Waals surface area contributed by atoms with Gasteiger partial charge in [0.05, 0.1) is 22.7 Å². The maximum absolute atomic E-state index is 13.3. The van der Waals surface area contributed by atoms with Gasteiger partial charge >= 0.3 is 0 Å². The first-order valence-corrected chi connectivity index (χ1v) is 10.5. The Morgan fingerprint density at radius 3 is 2.89 bits per heavy atom. The Morgan fingerprint density at radius 1 is 1.26 bits per heavy atom. The first-order valence-electron chi connectivity index (χ1n) is 9.16. The monoisotopic (exact) mass is 400 g/mol. The Morgan fingerprint density at radius 2 is 2.11 bits per heavy atom. The van der Waals surface area contributed by atoms with Crippen molar-refractivity contribution in [2.24, 2.45) is 0 Å². The zero-order valence-corrected chi connectivity index (χ0v) is 16.7. The summed E-state index contributed by atoms with van der Waals surface area (Å²) in [6.45, 7) is 2.82. The van der Waals surface area contributed by atoms with Crippen LogP contribution in [0.1, 0.15) is 24.8 Å². The van der Waals surface area contributed by atoms with E-state index in [0.29, 0.717) is 21.1 Å². The van der Waals surface area contributed by atoms with Crippen molar-refractivity contribution in [3.63, 3.8) is 0 Å². The largest absolute Gasteiger partial charge is 0.377 e. The van der Waals surface area contributed by atoms with Crippen LogP contribution in [0.15, 0.2) is 52.4 Å². The molecule has 0 saturated carbocycles. The van der Waals surface area contributed by atoms with Crippen molar-refractivity contribution in [2.75, 3.05) is 12.4 Å². The van der Waals surface area contributed by atoms with Gasteiger partial charge in [0, 0.05) is 17.4 Å². The highest BCUT2D eigenvalue weighted by Gasteiger charge is 2.19. The van der Waals surface area contributed by atoms with E-state index in [-0.39, 0.29) is 11.7 Å². The molecular formula is C21H21ClN2O2S. The van der Waals surface area contributed by atoms with Crippen LogP contribution in [0.3, 0.4) is 0 Å². The van der Waals surface area contributed by atoms with Crippen molar-refractivity contribution < 1.29 is 4.74 Å². The van der Waals surface area contributed by atoms with Crippen LogP contribution in [0.2, 0.25) is 5.02 Å². The zero-order valence-electron chi connectivity index (χ0n) is 15.2. The summed E-state index contributed by atoms with van der Waals surface area (Å²) in [4.78, 5) is 18.1. The molecule has 2 aromatic carbocycles. The van der Waals surface area contributed by atoms with Gasteiger partial charge in [-0.05, 0) is 56.0 Å². The lowest BCUT2D eigenvalue weighted by atomic mass is 10.1. The van der Waals surface area contributed by atoms with Gasteiger partial charge < -0.3 is 4.74 Å². The van der Waals surface area contributed by atoms with Crippen molar-refractivity contribution in [1.82, 2.24) is 9.55 Å². The number of fused-ring (bicyclic) bond motifs is 1. The highest BCUT2D eigenvalue weighted by atomic mass is 35.5. The summed E-state index contributed by atoms with van der Waals surface area (Å²) in [7, 11) is 0. The molecule has 0 spiro atoms. The van der Waals surface area contributed by atoms with Gasteiger partial charge in [0.1, 0.15) is 0 Å². The molecule has 4 nitrogen and oxygen atoms in total. The van der Waals surface area contributed by atoms with E-state index in [2.05, 4.69) is 0 Å². The van der Waals surface area contributed by atoms with Gasteiger partial charge in [-0.15, -0.1) is 0 Å². The average Bonchev–Trinajstić information content (AvgIpc) is 2.68. The lowest BCUT2D eigenvalue weighted by molar-refractivity contribution is 0.0315. The predicted octanol–water partition coefficient (Wildman–Crippen LogP) is 5.01. The molecule has 140 valence electrons. The highest BCUT2D eigenvalue weighted by molar-refractivity contribution is 7.99. The molecule has 1 saturated heterocycles. The van der Waals surface area contributed by atoms with E-state index in [4.69, 9.17) is 21.3 Å². The lowest BCUT2D eigenvalue weighted by Gasteiger charge is -2.22. The topological polar surface area (TPSA) is 44.1 Å². The van der Waals surface area contributed by atoms with Crippen LogP contribution in [0.5, 0.6) is 0 Å². The van der Waals surface area contributed by atoms with Crippen LogP contribution in [0.25, 0.3) is 16.6 Å². The molecule has 1 fully saturated rings. The second kappa shape index (κ2) is 8.05. The van der Waals surface area contributed by atoms with E-state index in [0.717, 1.165) is 36.5 Å². The Labute approximate surface area is 167 Å². The minimum Gasteiger partial charge on any atom is -0.377 e. The summed E-state index contributed by atoms with van der Waals surface area (Å²) >= 11 is 7.70. The quantitative estimate of drug-likeness (QED) is 0.456. The number of para-hydroxylation sites is 1. The van der Waals surface area contributed by atoms with Crippen molar-refractivity contribution in [3.8, 4) is 5.69 Å². The normalized spacial score (nSPS) is 17.3. The van der Waals surface area contributed by atoms with Crippen LogP contribution >= 0.6 is 23.4 Å². The molecule has 0 unspecified atom stereocenters. The van der Waals surface area contributed by atoms with E-state index < -0.39 is 0 Å². The fourth-order valence-corrected chi connectivity index (χ4v) is 4.61. The summed E-state index contributed by atoms with van der Waals surface area (Å²) in [6, 6.07) is 13.1. The summed E-state index contributed by atoms with van der Waals surface area (Å²) in [5.41, 5.74) is 2.45. The van der Waals surface area contributed by atoms with Gasteiger partial charge in [-0.1, -0.05) is 41.6 Å². The molecule has 1 atom stereocenters. The molecule has 1 aliphatic rings. The van der Waals surface area contributed by atoms with E-state index in [1.165, 1.54) is 6.42 Å². The molecule has 0 bridgehead atoms. The van der Waals surface area contributed by atoms with Crippen LogP contribution < -0.4 is 5.56 Å². The van der Waals surface area contributed by atoms with Gasteiger partial charge in [-0.3, -0.25) is 9.36 Å². The number of halogens is 1. The standard InChI is InChI=1S/C21H21ClN2O2S/c1-14-6-2-3-8-19(14)24-20(25)17-10-9-15(22)12-18(17)23-21(24)27-13-16-7-4-5-11-26-16/h2-3,6,8-10,12,16H,4-5,7,11,13H2,1H3/t16-/m1/s1. The molecule has 0 amide bonds. The molecular weight excluding hydrogens is 380 g/mol. The minimum absolute atomic E-state index is 0.0713. The fourth-order valence-electron chi connectivity index (χ4n) is 3.37. The number of aryl methyl sites for hydroxylation is 1. The molecule has 2 heterocycles. The fraction of sp³-hybridized carbons (Fsp3) is 0.333. The number of nitrogens with zero attached hydrogens (tertiary/aromatic N) is 2. The SMILES string of the molecule is Cc1ccccc1-n1c(SC[C@H]2CCCCO2)nc2cc(Cl)ccc2c1=O. The first-order chi connectivity index (χ1) is 13.1. The smallest absolute Gasteiger partial charge is 0.266 e. The number of hydrogen-bond acceptors (Lipinski definition) is 4. The van der Waals surface area contributed by atoms with Crippen molar-refractivity contribution >= 4 is 34.3 Å². The Bertz CT molecular complexity index is 1030. The molecule has 0 N–H and O–H groups in total. The number of rotatable bonds is 4. The van der Waals surface area contributed by atoms with E-state index >= 15 is 0 Å². The maximum atomic E-state index is 13.3. The molecule has 0 radical (unpaired) electrons. The second-order valence-electron chi connectivity index (χ2n) is 6.78. The van der Waals surface area contributed by atoms with Crippen molar-refractivity contribution in [2.45, 2.75) is 37.4 Å². The van der Waals surface area contributed by atoms with Gasteiger partial charge in [-0.25, -0.2) is 4.98 Å². The molecule has 3 aromatic rings. The molecule has 1 aliphatic heterocycles. The Balaban J connectivity index is 1.82. The molecule has 6 heteroatoms. The number of hydrogen-bond donors (Lipinski definition) is 0. The second-order valence-corrected chi connectivity index (χ2v) is 8.21. The van der Waals surface area contributed by atoms with E-state index in [1.807, 2.05) is 31.2 Å². The van der Waals surface area contributed by atoms with Crippen LogP contribution in [0, 0.1) is 6.92 Å². The maximum Gasteiger partial charge on any atom is 0.266 e. The lowest BCUT2D eigenvalue weighted by Crippen LogP contribution is -2.25. The number of ether oxygens (including phenoxy) is 1. The predicted molar refractivity (Wildman–Crippen MR) is 111 cm³/mol. The Hall–Kier alpha value is -1.82. The number of benzene rings is 2. The molecule has 1 aromatic heterocycles. The first kappa shape index (κ1) is 18.5. The third-order valence-electron chi connectivity index (χ3n) is 4.83. The van der Waals surface area contributed by atoms with Gasteiger partial charge in [0.2, 0.25) is 0 Å². The highest BCUT2D eigenvalue weighted by Crippen LogP contribution is 2.27. The van der Waals surface area contributed by atoms with E-state index in [9.17, 15) is 4.79 Å². The van der Waals surface area contributed by atoms with Crippen LogP contribution in [0.4, 0.5) is 0 Å². The summed E-state index contributed by atoms with van der Waals surface area (Å²) < 4.78 is 7.57. The molecule has 4 rings (SSSR count). The third-order valence-corrected chi connectivity index (χ3v) is 6.13. The van der Waals surface area contributed by atoms with E-state index in [1.54, 1.807) is 34.5 Å². The zero-order chi connectivity index (χ0) is 18.8. The number of aromatic nitrogens is 2. The van der Waals surface area contributed by atoms with Crippen LogP contribution in [-0.2, 0) is 4.74 Å². The van der Waals surface area contributed by atoms with Gasteiger partial charge in [0.25, 0.3) is 5.56 Å².